The molecule has 3 aromatic rings. The molecule has 0 amide bonds. The monoisotopic (exact) mass is 464 g/mol. The van der Waals surface area contributed by atoms with E-state index in [1.54, 1.807) is 12.1 Å². The highest BCUT2D eigenvalue weighted by Gasteiger charge is 2.19. The van der Waals surface area contributed by atoms with Gasteiger partial charge in [0.25, 0.3) is 0 Å². The second-order valence-electron chi connectivity index (χ2n) is 6.93. The predicted molar refractivity (Wildman–Crippen MR) is 121 cm³/mol. The molecule has 1 aliphatic rings. The first-order valence-corrected chi connectivity index (χ1v) is 11.3. The molecule has 0 spiro atoms. The second kappa shape index (κ2) is 9.86. The van der Waals surface area contributed by atoms with Gasteiger partial charge in [-0.1, -0.05) is 11.6 Å². The molecule has 0 bridgehead atoms. The number of thioether (sulfide) groups is 1. The van der Waals surface area contributed by atoms with Crippen molar-refractivity contribution in [2.45, 2.75) is 0 Å². The number of fused-ring (bicyclic) bond motifs is 1. The molecule has 1 fully saturated rings. The van der Waals surface area contributed by atoms with Gasteiger partial charge in [0.1, 0.15) is 18.6 Å². The number of benzene rings is 2. The molecule has 2 aromatic carbocycles. The number of anilines is 2. The highest BCUT2D eigenvalue weighted by molar-refractivity contribution is 7.99. The van der Waals surface area contributed by atoms with Crippen LogP contribution in [0.5, 0.6) is 11.5 Å². The Morgan fingerprint density at radius 2 is 2.00 bits per heavy atom. The van der Waals surface area contributed by atoms with Crippen molar-refractivity contribution in [1.29, 1.82) is 0 Å². The van der Waals surface area contributed by atoms with Crippen LogP contribution in [0.2, 0.25) is 5.02 Å². The molecule has 0 aliphatic carbocycles. The number of halogens is 2. The van der Waals surface area contributed by atoms with Gasteiger partial charge in [0.2, 0.25) is 0 Å². The van der Waals surface area contributed by atoms with Gasteiger partial charge in [0.05, 0.1) is 12.6 Å². The van der Waals surface area contributed by atoms with Crippen LogP contribution in [-0.4, -0.2) is 64.9 Å². The van der Waals surface area contributed by atoms with Crippen molar-refractivity contribution in [3.63, 3.8) is 0 Å². The summed E-state index contributed by atoms with van der Waals surface area (Å²) in [5, 5.41) is 12.0. The number of nitrogens with zero attached hydrogens (tertiary/aromatic N) is 4. The minimum Gasteiger partial charge on any atom is -0.493 e. The normalized spacial score (nSPS) is 14.6. The number of hydrogen-bond donors (Lipinski definition) is 1. The zero-order valence-corrected chi connectivity index (χ0v) is 18.5. The van der Waals surface area contributed by atoms with Crippen molar-refractivity contribution in [1.82, 2.24) is 14.9 Å². The van der Waals surface area contributed by atoms with Gasteiger partial charge in [-0.3, -0.25) is 10.1 Å². The molecular formula is C21H22ClFN4O3S. The minimum absolute atomic E-state index is 0.0802. The van der Waals surface area contributed by atoms with Gasteiger partial charge in [0.15, 0.2) is 23.1 Å². The summed E-state index contributed by atoms with van der Waals surface area (Å²) in [5.74, 6) is 2.75. The predicted octanol–water partition coefficient (Wildman–Crippen LogP) is 4.39. The van der Waals surface area contributed by atoms with Crippen LogP contribution in [0.25, 0.3) is 10.9 Å². The Morgan fingerprint density at radius 1 is 1.19 bits per heavy atom. The summed E-state index contributed by atoms with van der Waals surface area (Å²) in [4.78, 5) is 10.8. The Balaban J connectivity index is 1.60. The van der Waals surface area contributed by atoms with Gasteiger partial charge < -0.3 is 9.47 Å². The Bertz CT molecular complexity index is 1070. The summed E-state index contributed by atoms with van der Waals surface area (Å²) in [6, 6.07) is 7.39. The van der Waals surface area contributed by atoms with Crippen molar-refractivity contribution in [3.8, 4) is 11.5 Å². The third-order valence-electron chi connectivity index (χ3n) is 5.01. The summed E-state index contributed by atoms with van der Waals surface area (Å²) >= 11 is 7.78. The molecule has 0 saturated carbocycles. The van der Waals surface area contributed by atoms with Crippen molar-refractivity contribution < 1.29 is 19.1 Å². The first-order chi connectivity index (χ1) is 15.1. The number of rotatable bonds is 7. The lowest BCUT2D eigenvalue weighted by Crippen LogP contribution is -2.35. The maximum Gasteiger partial charge on any atom is 0.169 e. The number of methoxy groups -OCH3 is 1. The van der Waals surface area contributed by atoms with E-state index in [1.165, 1.54) is 25.6 Å². The molecule has 0 radical (unpaired) electrons. The van der Waals surface area contributed by atoms with E-state index in [0.717, 1.165) is 37.2 Å². The van der Waals surface area contributed by atoms with Gasteiger partial charge in [-0.2, -0.15) is 11.8 Å². The lowest BCUT2D eigenvalue weighted by Gasteiger charge is -2.26. The molecule has 0 unspecified atom stereocenters. The van der Waals surface area contributed by atoms with Crippen molar-refractivity contribution in [2.24, 2.45) is 0 Å². The van der Waals surface area contributed by atoms with Crippen molar-refractivity contribution in [2.75, 3.05) is 49.9 Å². The fourth-order valence-corrected chi connectivity index (χ4v) is 4.51. The van der Waals surface area contributed by atoms with Gasteiger partial charge in [-0.15, -0.1) is 0 Å². The number of hydrogen-bond acceptors (Lipinski definition) is 8. The first kappa shape index (κ1) is 21.9. The topological polar surface area (TPSA) is 71.0 Å². The van der Waals surface area contributed by atoms with Crippen LogP contribution in [0.3, 0.4) is 0 Å². The molecule has 4 rings (SSSR count). The molecule has 31 heavy (non-hydrogen) atoms. The van der Waals surface area contributed by atoms with E-state index in [2.05, 4.69) is 14.9 Å². The van der Waals surface area contributed by atoms with E-state index in [-0.39, 0.29) is 16.5 Å². The molecule has 7 nitrogen and oxygen atoms in total. The summed E-state index contributed by atoms with van der Waals surface area (Å²) in [6.45, 7) is 3.48. The fraction of sp³-hybridized carbons (Fsp3) is 0.333. The lowest BCUT2D eigenvalue weighted by molar-refractivity contribution is 0.217. The smallest absolute Gasteiger partial charge is 0.169 e. The molecule has 10 heteroatoms. The quantitative estimate of drug-likeness (QED) is 0.516. The molecule has 164 valence electrons. The van der Waals surface area contributed by atoms with E-state index >= 15 is 0 Å². The Hall–Kier alpha value is -2.33. The van der Waals surface area contributed by atoms with Crippen LogP contribution in [0, 0.1) is 5.82 Å². The van der Waals surface area contributed by atoms with Crippen LogP contribution in [0.15, 0.2) is 36.7 Å². The standard InChI is InChI=1S/C21H22ClFN4O3S/c1-29-19-11-15-17(12-20(19)30-7-4-26-5-8-31-9-6-26)24-13-25-21(15)27(28)18-3-2-14(22)10-16(18)23/h2-3,10-13,28H,4-9H2,1H3. The number of ether oxygens (including phenoxy) is 2. The van der Waals surface area contributed by atoms with Crippen molar-refractivity contribution in [3.05, 3.63) is 47.5 Å². The molecule has 1 aromatic heterocycles. The van der Waals surface area contributed by atoms with E-state index < -0.39 is 5.82 Å². The van der Waals surface area contributed by atoms with Crippen LogP contribution in [0.1, 0.15) is 0 Å². The van der Waals surface area contributed by atoms with E-state index in [1.807, 2.05) is 11.8 Å². The largest absolute Gasteiger partial charge is 0.493 e. The summed E-state index contributed by atoms with van der Waals surface area (Å²) in [5.41, 5.74) is 0.451. The minimum atomic E-state index is -0.676. The summed E-state index contributed by atoms with van der Waals surface area (Å²) in [6.07, 6.45) is 1.30. The van der Waals surface area contributed by atoms with Gasteiger partial charge >= 0.3 is 0 Å². The third-order valence-corrected chi connectivity index (χ3v) is 6.18. The van der Waals surface area contributed by atoms with Crippen LogP contribution in [0.4, 0.5) is 15.9 Å². The van der Waals surface area contributed by atoms with E-state index in [0.29, 0.717) is 34.1 Å². The second-order valence-corrected chi connectivity index (χ2v) is 8.59. The average Bonchev–Trinajstić information content (AvgIpc) is 2.78. The Morgan fingerprint density at radius 3 is 2.74 bits per heavy atom. The van der Waals surface area contributed by atoms with Gasteiger partial charge in [0, 0.05) is 47.6 Å². The highest BCUT2D eigenvalue weighted by atomic mass is 35.5. The van der Waals surface area contributed by atoms with Gasteiger partial charge in [-0.05, 0) is 24.3 Å². The lowest BCUT2D eigenvalue weighted by atomic mass is 10.2. The third kappa shape index (κ3) is 4.95. The zero-order chi connectivity index (χ0) is 21.8. The van der Waals surface area contributed by atoms with Crippen molar-refractivity contribution >= 4 is 45.8 Å². The molecule has 1 saturated heterocycles. The van der Waals surface area contributed by atoms with E-state index in [4.69, 9.17) is 21.1 Å². The maximum absolute atomic E-state index is 14.3. The summed E-state index contributed by atoms with van der Waals surface area (Å²) < 4.78 is 25.8. The Kier molecular flexibility index (Phi) is 6.96. The summed E-state index contributed by atoms with van der Waals surface area (Å²) in [7, 11) is 1.54. The van der Waals surface area contributed by atoms with Crippen LogP contribution >= 0.6 is 23.4 Å². The number of aromatic nitrogens is 2. The fourth-order valence-electron chi connectivity index (χ4n) is 3.37. The van der Waals surface area contributed by atoms with Gasteiger partial charge in [-0.25, -0.2) is 19.4 Å². The first-order valence-electron chi connectivity index (χ1n) is 9.76. The SMILES string of the molecule is COc1cc2c(N(O)c3ccc(Cl)cc3F)ncnc2cc1OCCN1CCSCC1. The molecular weight excluding hydrogens is 443 g/mol. The van der Waals surface area contributed by atoms with Crippen LogP contribution in [-0.2, 0) is 0 Å². The molecule has 1 N–H and O–H groups in total. The van der Waals surface area contributed by atoms with E-state index in [9.17, 15) is 9.60 Å². The maximum atomic E-state index is 14.3. The average molecular weight is 465 g/mol. The van der Waals surface area contributed by atoms with Crippen LogP contribution < -0.4 is 14.5 Å². The highest BCUT2D eigenvalue weighted by Crippen LogP contribution is 2.37. The molecule has 2 heterocycles. The Labute approximate surface area is 188 Å². The zero-order valence-electron chi connectivity index (χ0n) is 16.9. The molecule has 0 atom stereocenters. The molecule has 1 aliphatic heterocycles.